The zero-order chi connectivity index (χ0) is 27.0. The number of primary amides is 1. The van der Waals surface area contributed by atoms with E-state index in [9.17, 15) is 19.1 Å². The minimum absolute atomic E-state index is 0.00277. The standard InChI is InChI=1S/C28H41FN2O5/c1-16-12-21-15-22(10-11-23(21)29)31-27(33)18(3)9-7-8-17(2)26(36-28(30)34)20(5)14-19(4)25(32)24(13-16)35-6/h9-11,14-17,19,24-26,32H,7-8,12-13H2,1-6H3,(H2,30,34)(H,31,33)/t16-,17+,19+,24+,25-,26-/m1/s1. The molecule has 1 aromatic carbocycles. The molecule has 0 aliphatic carbocycles. The van der Waals surface area contributed by atoms with Crippen molar-refractivity contribution in [2.75, 3.05) is 12.4 Å². The Kier molecular flexibility index (Phi) is 11.1. The highest BCUT2D eigenvalue weighted by molar-refractivity contribution is 6.03. The Morgan fingerprint density at radius 2 is 1.92 bits per heavy atom. The van der Waals surface area contributed by atoms with Gasteiger partial charge in [0.2, 0.25) is 0 Å². The van der Waals surface area contributed by atoms with Crippen molar-refractivity contribution < 1.29 is 28.6 Å². The minimum atomic E-state index is -0.866. The molecule has 2 bridgehead atoms. The molecule has 6 atom stereocenters. The molecule has 0 spiro atoms. The van der Waals surface area contributed by atoms with E-state index in [2.05, 4.69) is 5.32 Å². The molecule has 36 heavy (non-hydrogen) atoms. The zero-order valence-electron chi connectivity index (χ0n) is 22.2. The average molecular weight is 505 g/mol. The Labute approximate surface area is 213 Å². The van der Waals surface area contributed by atoms with Crippen LogP contribution < -0.4 is 11.1 Å². The van der Waals surface area contributed by atoms with Gasteiger partial charge in [-0.25, -0.2) is 9.18 Å². The summed E-state index contributed by atoms with van der Waals surface area (Å²) in [6.45, 7) is 9.39. The predicted octanol–water partition coefficient (Wildman–Crippen LogP) is 5.13. The maximum Gasteiger partial charge on any atom is 0.405 e. The third kappa shape index (κ3) is 8.45. The Bertz CT molecular complexity index is 977. The molecule has 2 amide bonds. The predicted molar refractivity (Wildman–Crippen MR) is 139 cm³/mol. The highest BCUT2D eigenvalue weighted by Gasteiger charge is 2.28. The van der Waals surface area contributed by atoms with Crippen molar-refractivity contribution >= 4 is 17.7 Å². The van der Waals surface area contributed by atoms with Gasteiger partial charge in [-0.1, -0.05) is 32.9 Å². The van der Waals surface area contributed by atoms with Crippen LogP contribution in [-0.2, 0) is 20.7 Å². The number of benzene rings is 1. The monoisotopic (exact) mass is 504 g/mol. The first-order valence-corrected chi connectivity index (χ1v) is 12.5. The lowest BCUT2D eigenvalue weighted by Gasteiger charge is -2.29. The van der Waals surface area contributed by atoms with E-state index in [0.717, 1.165) is 5.57 Å². The Morgan fingerprint density at radius 1 is 1.22 bits per heavy atom. The number of allylic oxidation sites excluding steroid dienone is 1. The first kappa shape index (κ1) is 29.5. The summed E-state index contributed by atoms with van der Waals surface area (Å²) in [4.78, 5) is 24.3. The lowest BCUT2D eigenvalue weighted by Crippen LogP contribution is -2.35. The van der Waals surface area contributed by atoms with Crippen LogP contribution >= 0.6 is 0 Å². The van der Waals surface area contributed by atoms with E-state index in [1.807, 2.05) is 39.8 Å². The van der Waals surface area contributed by atoms with Crippen molar-refractivity contribution in [3.8, 4) is 0 Å². The van der Waals surface area contributed by atoms with Gasteiger partial charge in [-0.2, -0.15) is 0 Å². The Morgan fingerprint density at radius 3 is 2.56 bits per heavy atom. The number of anilines is 1. The maximum absolute atomic E-state index is 14.6. The molecular formula is C28H41FN2O5. The molecule has 0 unspecified atom stereocenters. The van der Waals surface area contributed by atoms with Gasteiger partial charge >= 0.3 is 6.09 Å². The molecule has 0 saturated carbocycles. The quantitative estimate of drug-likeness (QED) is 0.484. The third-order valence-electron chi connectivity index (χ3n) is 6.89. The van der Waals surface area contributed by atoms with E-state index >= 15 is 0 Å². The molecule has 1 aromatic rings. The molecule has 0 saturated heterocycles. The number of aliphatic hydroxyl groups is 1. The number of hydrogen-bond donors (Lipinski definition) is 3. The van der Waals surface area contributed by atoms with E-state index < -0.39 is 24.4 Å². The summed E-state index contributed by atoms with van der Waals surface area (Å²) in [5.74, 6) is -0.973. The van der Waals surface area contributed by atoms with Crippen LogP contribution in [-0.4, -0.2) is 42.5 Å². The van der Waals surface area contributed by atoms with Crippen LogP contribution in [0.4, 0.5) is 14.9 Å². The van der Waals surface area contributed by atoms with Crippen molar-refractivity contribution in [1.82, 2.24) is 0 Å². The number of carbonyl (C=O) groups excluding carboxylic acids is 2. The molecular weight excluding hydrogens is 463 g/mol. The summed E-state index contributed by atoms with van der Waals surface area (Å²) in [6, 6.07) is 4.56. The zero-order valence-corrected chi connectivity index (χ0v) is 22.2. The van der Waals surface area contributed by atoms with E-state index in [-0.39, 0.29) is 29.5 Å². The van der Waals surface area contributed by atoms with E-state index in [4.69, 9.17) is 15.2 Å². The number of nitrogens with two attached hydrogens (primary N) is 1. The van der Waals surface area contributed by atoms with Gasteiger partial charge in [0, 0.05) is 24.3 Å². The lowest BCUT2D eigenvalue weighted by atomic mass is 9.87. The molecule has 7 nitrogen and oxygen atoms in total. The van der Waals surface area contributed by atoms with Gasteiger partial charge in [0.25, 0.3) is 5.91 Å². The molecule has 0 fully saturated rings. The van der Waals surface area contributed by atoms with Crippen LogP contribution in [0.2, 0.25) is 0 Å². The molecule has 1 aliphatic heterocycles. The number of nitrogens with one attached hydrogen (secondary N) is 1. The molecule has 0 radical (unpaired) electrons. The van der Waals surface area contributed by atoms with E-state index in [0.29, 0.717) is 42.5 Å². The minimum Gasteiger partial charge on any atom is -0.442 e. The molecule has 4 N–H and O–H groups in total. The van der Waals surface area contributed by atoms with Crippen molar-refractivity contribution in [3.63, 3.8) is 0 Å². The number of amides is 2. The van der Waals surface area contributed by atoms with Gasteiger partial charge in [0.1, 0.15) is 11.9 Å². The topological polar surface area (TPSA) is 111 Å². The first-order chi connectivity index (χ1) is 16.9. The maximum atomic E-state index is 14.6. The molecule has 1 heterocycles. The van der Waals surface area contributed by atoms with Gasteiger partial charge in [-0.05, 0) is 80.7 Å². The normalized spacial score (nSPS) is 29.1. The summed E-state index contributed by atoms with van der Waals surface area (Å²) in [7, 11) is 1.55. The fraction of sp³-hybridized carbons (Fsp3) is 0.571. The van der Waals surface area contributed by atoms with Crippen molar-refractivity contribution in [3.05, 3.63) is 52.9 Å². The molecule has 8 heteroatoms. The van der Waals surface area contributed by atoms with Crippen LogP contribution in [0.5, 0.6) is 0 Å². The number of halogens is 1. The van der Waals surface area contributed by atoms with Crippen molar-refractivity contribution in [2.24, 2.45) is 23.5 Å². The summed E-state index contributed by atoms with van der Waals surface area (Å²) in [5, 5.41) is 13.9. The van der Waals surface area contributed by atoms with Gasteiger partial charge < -0.3 is 25.6 Å². The van der Waals surface area contributed by atoms with Crippen molar-refractivity contribution in [2.45, 2.75) is 78.6 Å². The highest BCUT2D eigenvalue weighted by Crippen LogP contribution is 2.27. The Hall–Kier alpha value is -2.71. The lowest BCUT2D eigenvalue weighted by molar-refractivity contribution is -0.112. The fourth-order valence-corrected chi connectivity index (χ4v) is 4.81. The van der Waals surface area contributed by atoms with Crippen LogP contribution in [0, 0.1) is 23.6 Å². The summed E-state index contributed by atoms with van der Waals surface area (Å²) in [6.07, 6.45) is 3.15. The third-order valence-corrected chi connectivity index (χ3v) is 6.89. The number of hydrogen-bond acceptors (Lipinski definition) is 5. The first-order valence-electron chi connectivity index (χ1n) is 12.5. The number of carbonyl (C=O) groups is 2. The molecule has 1 aliphatic rings. The second-order valence-electron chi connectivity index (χ2n) is 10.1. The van der Waals surface area contributed by atoms with Gasteiger partial charge in [0.15, 0.2) is 0 Å². The second kappa shape index (κ2) is 13.6. The molecule has 200 valence electrons. The number of methoxy groups -OCH3 is 1. The van der Waals surface area contributed by atoms with E-state index in [1.165, 1.54) is 6.07 Å². The number of rotatable bonds is 2. The summed E-state index contributed by atoms with van der Waals surface area (Å²) >= 11 is 0. The largest absolute Gasteiger partial charge is 0.442 e. The van der Waals surface area contributed by atoms with Gasteiger partial charge in [-0.3, -0.25) is 4.79 Å². The van der Waals surface area contributed by atoms with Gasteiger partial charge in [-0.15, -0.1) is 0 Å². The molecule has 0 aromatic heterocycles. The highest BCUT2D eigenvalue weighted by atomic mass is 19.1. The van der Waals surface area contributed by atoms with Crippen LogP contribution in [0.25, 0.3) is 0 Å². The smallest absolute Gasteiger partial charge is 0.405 e. The van der Waals surface area contributed by atoms with E-state index in [1.54, 1.807) is 26.2 Å². The Balaban J connectivity index is 2.43. The van der Waals surface area contributed by atoms with Crippen LogP contribution in [0.15, 0.2) is 41.5 Å². The molecule has 2 rings (SSSR count). The van der Waals surface area contributed by atoms with Crippen LogP contribution in [0.1, 0.15) is 59.4 Å². The fourth-order valence-electron chi connectivity index (χ4n) is 4.81. The average Bonchev–Trinajstić information content (AvgIpc) is 2.81. The van der Waals surface area contributed by atoms with Crippen molar-refractivity contribution in [1.29, 1.82) is 0 Å². The summed E-state index contributed by atoms with van der Waals surface area (Å²) < 4.78 is 25.6. The number of ether oxygens (including phenoxy) is 2. The van der Waals surface area contributed by atoms with Gasteiger partial charge in [0.05, 0.1) is 12.2 Å². The SMILES string of the molecule is CO[C@H]1C[C@H](C)Cc2cc(ccc2F)NC(=O)C(C)=CCC[C@H](C)[C@@H](OC(N)=O)C(C)=C[C@H](C)[C@H]1O. The van der Waals surface area contributed by atoms with Crippen LogP contribution in [0.3, 0.4) is 0 Å². The summed E-state index contributed by atoms with van der Waals surface area (Å²) in [5.41, 5.74) is 7.68. The number of fused-ring (bicyclic) bond motifs is 2. The second-order valence-corrected chi connectivity index (χ2v) is 10.1. The number of aliphatic hydroxyl groups excluding tert-OH is 1.